The smallest absolute Gasteiger partial charge is 0.276 e. The van der Waals surface area contributed by atoms with E-state index in [-0.39, 0.29) is 5.56 Å². The maximum absolute atomic E-state index is 12.6. The monoisotopic (exact) mass is 356 g/mol. The predicted molar refractivity (Wildman–Crippen MR) is 94.5 cm³/mol. The van der Waals surface area contributed by atoms with E-state index in [0.717, 1.165) is 20.8 Å². The van der Waals surface area contributed by atoms with Gasteiger partial charge in [0, 0.05) is 42.0 Å². The van der Waals surface area contributed by atoms with Crippen molar-refractivity contribution in [2.45, 2.75) is 6.61 Å². The van der Waals surface area contributed by atoms with Crippen molar-refractivity contribution >= 4 is 32.8 Å². The lowest BCUT2D eigenvalue weighted by atomic mass is 10.1. The zero-order chi connectivity index (χ0) is 16.5. The minimum Gasteiger partial charge on any atom is -0.468 e. The first-order valence-electron chi connectivity index (χ1n) is 7.14. The first-order chi connectivity index (χ1) is 11.7. The molecule has 0 amide bonds. The SMILES string of the molecule is Cn1nc(OCc2nccs2)c2scc(-c3ccncc3)c2c1=O. The van der Waals surface area contributed by atoms with Gasteiger partial charge in [0.2, 0.25) is 5.88 Å². The number of fused-ring (bicyclic) bond motifs is 1. The van der Waals surface area contributed by atoms with Crippen molar-refractivity contribution in [2.75, 3.05) is 0 Å². The van der Waals surface area contributed by atoms with Crippen molar-refractivity contribution in [1.29, 1.82) is 0 Å². The lowest BCUT2D eigenvalue weighted by molar-refractivity contribution is 0.290. The molecular formula is C16H12N4O2S2. The van der Waals surface area contributed by atoms with Gasteiger partial charge in [-0.3, -0.25) is 9.78 Å². The van der Waals surface area contributed by atoms with Gasteiger partial charge < -0.3 is 4.74 Å². The summed E-state index contributed by atoms with van der Waals surface area (Å²) in [6.07, 6.45) is 5.16. The van der Waals surface area contributed by atoms with E-state index in [0.29, 0.717) is 17.9 Å². The molecule has 0 bridgehead atoms. The molecular weight excluding hydrogens is 344 g/mol. The molecule has 0 atom stereocenters. The molecule has 0 saturated heterocycles. The number of aryl methyl sites for hydroxylation is 1. The lowest BCUT2D eigenvalue weighted by Gasteiger charge is -2.07. The summed E-state index contributed by atoms with van der Waals surface area (Å²) in [6.45, 7) is 0.334. The topological polar surface area (TPSA) is 69.9 Å². The van der Waals surface area contributed by atoms with E-state index in [2.05, 4.69) is 15.1 Å². The Morgan fingerprint density at radius 3 is 2.79 bits per heavy atom. The second-order valence-corrected chi connectivity index (χ2v) is 6.90. The van der Waals surface area contributed by atoms with Crippen LogP contribution in [0.2, 0.25) is 0 Å². The Morgan fingerprint density at radius 2 is 2.04 bits per heavy atom. The zero-order valence-corrected chi connectivity index (χ0v) is 14.3. The van der Waals surface area contributed by atoms with Crippen LogP contribution in [-0.4, -0.2) is 19.7 Å². The maximum atomic E-state index is 12.6. The van der Waals surface area contributed by atoms with Crippen LogP contribution < -0.4 is 10.3 Å². The molecule has 0 aromatic carbocycles. The van der Waals surface area contributed by atoms with Gasteiger partial charge in [0.25, 0.3) is 5.56 Å². The van der Waals surface area contributed by atoms with Crippen LogP contribution in [0.4, 0.5) is 0 Å². The Kier molecular flexibility index (Phi) is 3.83. The zero-order valence-electron chi connectivity index (χ0n) is 12.7. The highest BCUT2D eigenvalue weighted by Gasteiger charge is 2.17. The van der Waals surface area contributed by atoms with Crippen molar-refractivity contribution in [1.82, 2.24) is 19.7 Å². The quantitative estimate of drug-likeness (QED) is 0.562. The van der Waals surface area contributed by atoms with E-state index < -0.39 is 0 Å². The van der Waals surface area contributed by atoms with E-state index >= 15 is 0 Å². The molecule has 6 nitrogen and oxygen atoms in total. The van der Waals surface area contributed by atoms with Crippen LogP contribution in [-0.2, 0) is 13.7 Å². The average molecular weight is 356 g/mol. The summed E-state index contributed by atoms with van der Waals surface area (Å²) in [5, 5.41) is 9.61. The van der Waals surface area contributed by atoms with Crippen molar-refractivity contribution in [3.8, 4) is 17.0 Å². The number of hydrogen-bond donors (Lipinski definition) is 0. The van der Waals surface area contributed by atoms with E-state index in [1.165, 1.54) is 27.4 Å². The number of thiophene rings is 1. The van der Waals surface area contributed by atoms with Gasteiger partial charge in [-0.15, -0.1) is 27.8 Å². The lowest BCUT2D eigenvalue weighted by Crippen LogP contribution is -2.20. The summed E-state index contributed by atoms with van der Waals surface area (Å²) in [4.78, 5) is 20.8. The normalized spacial score (nSPS) is 11.0. The minimum atomic E-state index is -0.139. The summed E-state index contributed by atoms with van der Waals surface area (Å²) in [5.41, 5.74) is 1.68. The summed E-state index contributed by atoms with van der Waals surface area (Å²) in [5.74, 6) is 0.451. The Hall–Kier alpha value is -2.58. The number of thiazole rings is 1. The van der Waals surface area contributed by atoms with Gasteiger partial charge in [0.15, 0.2) is 0 Å². The number of pyridine rings is 1. The molecule has 120 valence electrons. The van der Waals surface area contributed by atoms with Gasteiger partial charge in [-0.25, -0.2) is 9.67 Å². The van der Waals surface area contributed by atoms with E-state index in [9.17, 15) is 4.79 Å². The highest BCUT2D eigenvalue weighted by atomic mass is 32.1. The van der Waals surface area contributed by atoms with Crippen LogP contribution in [0.15, 0.2) is 46.3 Å². The van der Waals surface area contributed by atoms with E-state index in [1.807, 2.05) is 22.9 Å². The van der Waals surface area contributed by atoms with Gasteiger partial charge in [-0.2, -0.15) is 0 Å². The third-order valence-electron chi connectivity index (χ3n) is 3.54. The Morgan fingerprint density at radius 1 is 1.21 bits per heavy atom. The van der Waals surface area contributed by atoms with Crippen molar-refractivity contribution in [3.05, 3.63) is 56.8 Å². The molecule has 0 unspecified atom stereocenters. The minimum absolute atomic E-state index is 0.139. The largest absolute Gasteiger partial charge is 0.468 e. The van der Waals surface area contributed by atoms with Crippen LogP contribution in [0.5, 0.6) is 5.88 Å². The van der Waals surface area contributed by atoms with Crippen LogP contribution in [0.1, 0.15) is 5.01 Å². The maximum Gasteiger partial charge on any atom is 0.276 e. The molecule has 4 heterocycles. The van der Waals surface area contributed by atoms with Crippen LogP contribution in [0, 0.1) is 0 Å². The molecule has 8 heteroatoms. The summed E-state index contributed by atoms with van der Waals surface area (Å²) in [7, 11) is 1.63. The van der Waals surface area contributed by atoms with Crippen LogP contribution in [0.25, 0.3) is 21.2 Å². The highest BCUT2D eigenvalue weighted by Crippen LogP contribution is 2.35. The summed E-state index contributed by atoms with van der Waals surface area (Å²) < 4.78 is 7.89. The fraction of sp³-hybridized carbons (Fsp3) is 0.125. The molecule has 0 radical (unpaired) electrons. The summed E-state index contributed by atoms with van der Waals surface area (Å²) in [6, 6.07) is 3.77. The fourth-order valence-electron chi connectivity index (χ4n) is 2.41. The fourth-order valence-corrected chi connectivity index (χ4v) is 3.94. The standard InChI is InChI=1S/C16H12N4O2S2/c1-20-16(21)13-11(10-2-4-17-5-3-10)9-24-14(13)15(19-20)22-8-12-18-6-7-23-12/h2-7,9H,8H2,1H3. The number of rotatable bonds is 4. The van der Waals surface area contributed by atoms with Crippen molar-refractivity contribution in [2.24, 2.45) is 7.05 Å². The van der Waals surface area contributed by atoms with Gasteiger partial charge in [-0.1, -0.05) is 0 Å². The molecule has 4 aromatic rings. The van der Waals surface area contributed by atoms with Crippen molar-refractivity contribution < 1.29 is 4.74 Å². The third kappa shape index (κ3) is 2.59. The molecule has 0 fully saturated rings. The molecule has 0 aliphatic heterocycles. The van der Waals surface area contributed by atoms with Gasteiger partial charge >= 0.3 is 0 Å². The Balaban J connectivity index is 1.83. The number of nitrogens with zero attached hydrogens (tertiary/aromatic N) is 4. The number of hydrogen-bond acceptors (Lipinski definition) is 7. The van der Waals surface area contributed by atoms with Crippen LogP contribution >= 0.6 is 22.7 Å². The van der Waals surface area contributed by atoms with E-state index in [1.54, 1.807) is 25.6 Å². The third-order valence-corrected chi connectivity index (χ3v) is 5.26. The molecule has 4 rings (SSSR count). The second kappa shape index (κ2) is 6.14. The van der Waals surface area contributed by atoms with Gasteiger partial charge in [0.1, 0.15) is 16.3 Å². The van der Waals surface area contributed by atoms with Crippen molar-refractivity contribution in [3.63, 3.8) is 0 Å². The molecule has 0 saturated carbocycles. The van der Waals surface area contributed by atoms with E-state index in [4.69, 9.17) is 4.74 Å². The molecule has 0 spiro atoms. The number of ether oxygens (including phenoxy) is 1. The summed E-state index contributed by atoms with van der Waals surface area (Å²) >= 11 is 2.98. The molecule has 0 aliphatic carbocycles. The molecule has 4 aromatic heterocycles. The van der Waals surface area contributed by atoms with Gasteiger partial charge in [-0.05, 0) is 17.7 Å². The predicted octanol–water partition coefficient (Wildman–Crippen LogP) is 3.09. The average Bonchev–Trinajstić information content (AvgIpc) is 3.27. The first-order valence-corrected chi connectivity index (χ1v) is 8.90. The highest BCUT2D eigenvalue weighted by molar-refractivity contribution is 7.18. The molecule has 24 heavy (non-hydrogen) atoms. The van der Waals surface area contributed by atoms with Gasteiger partial charge in [0.05, 0.1) is 5.39 Å². The second-order valence-electron chi connectivity index (χ2n) is 5.04. The first kappa shape index (κ1) is 15.0. The Bertz CT molecular complexity index is 1040. The number of aromatic nitrogens is 4. The molecule has 0 aliphatic rings. The molecule has 0 N–H and O–H groups in total. The van der Waals surface area contributed by atoms with Crippen LogP contribution in [0.3, 0.4) is 0 Å². The Labute approximate surface area is 145 Å².